The van der Waals surface area contributed by atoms with E-state index in [-0.39, 0.29) is 72.7 Å². The minimum atomic E-state index is -1.71. The summed E-state index contributed by atoms with van der Waals surface area (Å²) in [4.78, 5) is 4.37. The van der Waals surface area contributed by atoms with Crippen molar-refractivity contribution in [1.82, 2.24) is 4.90 Å². The number of benzene rings is 6. The van der Waals surface area contributed by atoms with Gasteiger partial charge in [-0.1, -0.05) is 220 Å². The quantitative estimate of drug-likeness (QED) is 0.0432. The Bertz CT molecular complexity index is 5510. The van der Waals surface area contributed by atoms with Crippen LogP contribution in [0.5, 0.6) is 5.75 Å². The predicted molar refractivity (Wildman–Crippen MR) is 443 cm³/mol. The summed E-state index contributed by atoms with van der Waals surface area (Å²) in [5.74, 6) is -4.65. The fraction of sp³-hybridized carbons (Fsp3) is 0.255. The highest BCUT2D eigenvalue weighted by Crippen LogP contribution is 2.63. The van der Waals surface area contributed by atoms with Crippen LogP contribution in [-0.4, -0.2) is 59.8 Å². The Labute approximate surface area is 667 Å². The molecule has 115 heavy (non-hydrogen) atoms. The van der Waals surface area contributed by atoms with Crippen molar-refractivity contribution in [3.8, 4) is 16.9 Å². The molecule has 1 aliphatic heterocycles. The van der Waals surface area contributed by atoms with Crippen LogP contribution in [0.25, 0.3) is 28.3 Å². The van der Waals surface area contributed by atoms with Crippen molar-refractivity contribution in [2.45, 2.75) is 136 Å². The van der Waals surface area contributed by atoms with E-state index >= 15 is 35.1 Å². The Morgan fingerprint density at radius 3 is 2.04 bits per heavy atom. The number of fused-ring (bicyclic) bond motifs is 8. The van der Waals surface area contributed by atoms with Crippen LogP contribution in [0.1, 0.15) is 110 Å². The Kier molecular flexibility index (Phi) is 20.3. The molecule has 11 aliphatic carbocycles. The van der Waals surface area contributed by atoms with Crippen molar-refractivity contribution in [1.29, 1.82) is 0 Å². The third-order valence-electron chi connectivity index (χ3n) is 25.7. The molecule has 15 atom stereocenters. The minimum Gasteiger partial charge on any atom is -0.486 e. The van der Waals surface area contributed by atoms with Crippen molar-refractivity contribution in [3.05, 3.63) is 412 Å². The zero-order chi connectivity index (χ0) is 78.8. The van der Waals surface area contributed by atoms with Gasteiger partial charge in [0.1, 0.15) is 47.7 Å². The average Bonchev–Trinajstić information content (AvgIpc) is 1.53. The highest BCUT2D eigenvalue weighted by Gasteiger charge is 2.56. The van der Waals surface area contributed by atoms with Crippen molar-refractivity contribution >= 4 is 22.9 Å². The van der Waals surface area contributed by atoms with Crippen LogP contribution in [0.4, 0.5) is 40.8 Å². The molecule has 0 N–H and O–H groups in total. The molecule has 13 heteroatoms. The molecule has 6 aromatic rings. The molecule has 0 radical (unpaired) electrons. The normalized spacial score (nSPS) is 29.4. The van der Waals surface area contributed by atoms with Crippen LogP contribution >= 0.6 is 0 Å². The highest BCUT2D eigenvalue weighted by molar-refractivity contribution is 5.92. The van der Waals surface area contributed by atoms with Gasteiger partial charge in [-0.25, -0.2) is 35.1 Å². The van der Waals surface area contributed by atoms with Crippen LogP contribution in [0.3, 0.4) is 0 Å². The van der Waals surface area contributed by atoms with E-state index in [1.54, 1.807) is 12.1 Å². The first-order chi connectivity index (χ1) is 56.1. The monoisotopic (exact) mass is 1540 g/mol. The van der Waals surface area contributed by atoms with Gasteiger partial charge in [-0.15, -0.1) is 0 Å². The van der Waals surface area contributed by atoms with Gasteiger partial charge in [0.05, 0.1) is 41.2 Å². The number of alkyl halides is 2. The lowest BCUT2D eigenvalue weighted by molar-refractivity contribution is 0.0115. The number of rotatable bonds is 20. The van der Waals surface area contributed by atoms with Crippen LogP contribution in [0.2, 0.25) is 0 Å². The maximum absolute atomic E-state index is 18.2. The summed E-state index contributed by atoms with van der Waals surface area (Å²) in [6, 6.07) is 36.4. The molecule has 1 heterocycles. The van der Waals surface area contributed by atoms with Crippen molar-refractivity contribution in [2.75, 3.05) is 4.90 Å². The molecule has 0 spiro atoms. The number of hydrogen-bond acceptors (Lipinski definition) is 5. The molecule has 18 rings (SSSR count). The van der Waals surface area contributed by atoms with E-state index in [1.165, 1.54) is 36.4 Å². The van der Waals surface area contributed by atoms with Crippen LogP contribution in [0, 0.1) is 46.9 Å². The van der Waals surface area contributed by atoms with Gasteiger partial charge in [0.25, 0.3) is 0 Å². The van der Waals surface area contributed by atoms with Gasteiger partial charge in [0.2, 0.25) is 0 Å². The van der Waals surface area contributed by atoms with Gasteiger partial charge < -0.3 is 24.0 Å². The molecule has 0 aromatic heterocycles. The Balaban J connectivity index is 0.625. The number of nitrogens with zero attached hydrogens (tertiary/aromatic N) is 2. The van der Waals surface area contributed by atoms with Gasteiger partial charge >= 0.3 is 0 Å². The molecule has 0 bridgehead atoms. The number of ether oxygens (including phenoxy) is 3. The summed E-state index contributed by atoms with van der Waals surface area (Å²) >= 11 is 0. The van der Waals surface area contributed by atoms with E-state index in [2.05, 4.69) is 121 Å². The summed E-state index contributed by atoms with van der Waals surface area (Å²) < 4.78 is 152. The van der Waals surface area contributed by atoms with E-state index in [0.717, 1.165) is 84.6 Å². The summed E-state index contributed by atoms with van der Waals surface area (Å²) in [7, 11) is 0. The van der Waals surface area contributed by atoms with E-state index in [9.17, 15) is 0 Å². The Morgan fingerprint density at radius 1 is 0.565 bits per heavy atom. The summed E-state index contributed by atoms with van der Waals surface area (Å²) in [5.41, 5.74) is 10.6. The van der Waals surface area contributed by atoms with Crippen LogP contribution in [-0.2, 0) is 20.3 Å². The minimum absolute atomic E-state index is 0.0322. The lowest BCUT2D eigenvalue weighted by atomic mass is 9.61. The molecule has 6 aromatic carbocycles. The van der Waals surface area contributed by atoms with Crippen molar-refractivity contribution in [2.24, 2.45) is 23.7 Å². The zero-order valence-electron chi connectivity index (χ0n) is 63.7. The first-order valence-corrected chi connectivity index (χ1v) is 40.3. The zero-order valence-corrected chi connectivity index (χ0v) is 63.7. The fourth-order valence-corrected chi connectivity index (χ4v) is 20.4. The molecule has 1 fully saturated rings. The standard InChI is InChI=1S/C102H88F8N2O3/c1-4-7-23-94(107)100(110)102(69-34-46-79(47-35-69)114-77-42-28-63(6-3)29-43-77)87-22-11-9-20-81(87)83-49-31-67(57-89(83)102)65-16-13-18-71(55-65)112(73-39-53-91(104)96(109)59-73)75-37-51-85-84-50-36-74(60-97(84)115-98(85)61-75)111(72-38-52-90(103)95(108)58-72)70-17-12-15-64(54-70)66-30-48-82-80-19-8-10-21-86(80)101(88(82)56-66,99-92(105)24-14-25-93(99)106)68-32-44-78(45-33-68)113-76-40-26-62(5-2)27-41-76/h4-12,14-16,19-32,34-40,42-46,48-52,54-56,58,67-68,70,74-76,79,84-85,91,96-98H,1-3,13,17-18,33,41,47,53,57,59-61H2/b23-7-,100-94+. The largest absolute Gasteiger partial charge is 0.486 e. The van der Waals surface area contributed by atoms with Gasteiger partial charge in [-0.2, -0.15) is 0 Å². The van der Waals surface area contributed by atoms with Gasteiger partial charge in [-0.05, 0) is 208 Å². The van der Waals surface area contributed by atoms with E-state index < -0.39 is 70.1 Å². The second-order valence-corrected chi connectivity index (χ2v) is 32.0. The highest BCUT2D eigenvalue weighted by atomic mass is 19.2. The summed E-state index contributed by atoms with van der Waals surface area (Å²) in [6.07, 6.45) is 50.9. The Hall–Kier alpha value is -11.3. The van der Waals surface area contributed by atoms with Gasteiger partial charge in [0, 0.05) is 72.1 Å². The topological polar surface area (TPSA) is 34.2 Å². The molecular weight excluding hydrogens is 1450 g/mol. The summed E-state index contributed by atoms with van der Waals surface area (Å²) in [6.45, 7) is 11.5. The van der Waals surface area contributed by atoms with Crippen LogP contribution < -0.4 is 9.64 Å². The van der Waals surface area contributed by atoms with Crippen LogP contribution in [0.15, 0.2) is 350 Å². The smallest absolute Gasteiger partial charge is 0.160 e. The first-order valence-electron chi connectivity index (χ1n) is 40.3. The molecule has 5 nitrogen and oxygen atoms in total. The number of hydrogen-bond donors (Lipinski definition) is 0. The molecule has 0 amide bonds. The van der Waals surface area contributed by atoms with Gasteiger partial charge in [-0.3, -0.25) is 0 Å². The Morgan fingerprint density at radius 2 is 1.31 bits per heavy atom. The molecule has 15 unspecified atom stereocenters. The molecule has 1 saturated heterocycles. The molecule has 0 saturated carbocycles. The second kappa shape index (κ2) is 31.1. The summed E-state index contributed by atoms with van der Waals surface area (Å²) in [5, 5.41) is 0. The maximum Gasteiger partial charge on any atom is 0.160 e. The lowest BCUT2D eigenvalue weighted by Crippen LogP contribution is -2.46. The number of anilines is 1. The number of halogens is 8. The van der Waals surface area contributed by atoms with Gasteiger partial charge in [0.15, 0.2) is 23.3 Å². The third kappa shape index (κ3) is 13.4. The maximum atomic E-state index is 18.2. The molecule has 12 aliphatic rings. The molecular formula is C102H88F8N2O3. The molecule has 580 valence electrons. The SMILES string of the molecule is C=C/C=C\C(F)=C(/F)C1(C2=CCC(Oc3ccc(C=C)cc3)C=C2)C2=C(C=CC(C3=CCCC(N(C4=CCC(F)C(F)C4)C4C=CC5C(C4)OC4CC(N(c6ccc(F)c(F)c6)C6C=C(c7ccc8c(c7)C(c7c(F)cccc7F)(C7C=CC(OC9C=CC(C=C)=CC9)=CC7)c7ccccc7-8)C=CC6)C=CC45)=C3)C2)c2ccccc21. The first kappa shape index (κ1) is 75.1. The third-order valence-corrected chi connectivity index (χ3v) is 25.7. The predicted octanol–water partition coefficient (Wildman–Crippen LogP) is 24.8. The number of allylic oxidation sites excluding steroid dienone is 25. The van der Waals surface area contributed by atoms with Crippen molar-refractivity contribution in [3.63, 3.8) is 0 Å². The van der Waals surface area contributed by atoms with E-state index in [1.807, 2.05) is 134 Å². The van der Waals surface area contributed by atoms with E-state index in [4.69, 9.17) is 14.2 Å². The average molecular weight is 1540 g/mol. The fourth-order valence-electron chi connectivity index (χ4n) is 20.4. The lowest BCUT2D eigenvalue weighted by Gasteiger charge is -2.42. The van der Waals surface area contributed by atoms with Crippen molar-refractivity contribution < 1.29 is 49.3 Å². The second-order valence-electron chi connectivity index (χ2n) is 32.0. The van der Waals surface area contributed by atoms with E-state index in [0.29, 0.717) is 91.8 Å².